The third-order valence-electron chi connectivity index (χ3n) is 5.36. The number of piperazine rings is 1. The Hall–Kier alpha value is -1.40. The molecule has 0 bridgehead atoms. The molecule has 2 aliphatic heterocycles. The van der Waals surface area contributed by atoms with Gasteiger partial charge in [0, 0.05) is 66.0 Å². The average Bonchev–Trinajstić information content (AvgIpc) is 3.14. The molecule has 2 saturated heterocycles. The van der Waals surface area contributed by atoms with Crippen LogP contribution in [0, 0.1) is 6.92 Å². The first-order valence-corrected chi connectivity index (χ1v) is 10.5. The highest BCUT2D eigenvalue weighted by Gasteiger charge is 2.22. The van der Waals surface area contributed by atoms with Crippen LogP contribution in [0.25, 0.3) is 0 Å². The molecule has 3 heterocycles. The summed E-state index contributed by atoms with van der Waals surface area (Å²) in [5.41, 5.74) is 0.967. The minimum absolute atomic E-state index is 0. The Morgan fingerprint density at radius 1 is 1.30 bits per heavy atom. The molecule has 30 heavy (non-hydrogen) atoms. The summed E-state index contributed by atoms with van der Waals surface area (Å²) in [5, 5.41) is 7.54. The number of amides is 1. The van der Waals surface area contributed by atoms with Crippen LogP contribution in [0.2, 0.25) is 0 Å². The lowest BCUT2D eigenvalue weighted by molar-refractivity contribution is -0.127. The molecule has 170 valence electrons. The molecule has 0 radical (unpaired) electrons. The monoisotopic (exact) mass is 534 g/mol. The zero-order valence-electron chi connectivity index (χ0n) is 18.3. The maximum Gasteiger partial charge on any atom is 0.243 e. The average molecular weight is 534 g/mol. The zero-order valence-corrected chi connectivity index (χ0v) is 20.6. The van der Waals surface area contributed by atoms with E-state index in [0.29, 0.717) is 0 Å². The van der Waals surface area contributed by atoms with Gasteiger partial charge in [0.05, 0.1) is 11.8 Å². The van der Waals surface area contributed by atoms with Gasteiger partial charge in [0.1, 0.15) is 12.3 Å². The number of rotatable bonds is 6. The molecule has 1 unspecified atom stereocenters. The third-order valence-corrected chi connectivity index (χ3v) is 5.36. The predicted octanol–water partition coefficient (Wildman–Crippen LogP) is 1.32. The highest BCUT2D eigenvalue weighted by molar-refractivity contribution is 14.0. The van der Waals surface area contributed by atoms with Crippen LogP contribution >= 0.6 is 24.0 Å². The first-order valence-electron chi connectivity index (χ1n) is 10.5. The van der Waals surface area contributed by atoms with E-state index in [1.54, 1.807) is 19.0 Å². The summed E-state index contributed by atoms with van der Waals surface area (Å²) >= 11 is 0. The number of carbonyl (C=O) groups is 1. The van der Waals surface area contributed by atoms with Crippen molar-refractivity contribution in [3.05, 3.63) is 17.5 Å². The summed E-state index contributed by atoms with van der Waals surface area (Å²) in [4.78, 5) is 22.8. The van der Waals surface area contributed by atoms with Crippen molar-refractivity contribution in [2.75, 3.05) is 60.0 Å². The van der Waals surface area contributed by atoms with E-state index in [1.165, 1.54) is 6.42 Å². The predicted molar refractivity (Wildman–Crippen MR) is 126 cm³/mol. The second-order valence-electron chi connectivity index (χ2n) is 7.99. The molecular formula is C20H35IN6O3. The number of nitrogens with zero attached hydrogens (tertiary/aromatic N) is 5. The minimum Gasteiger partial charge on any atom is -0.376 e. The summed E-state index contributed by atoms with van der Waals surface area (Å²) in [7, 11) is 3.51. The molecule has 2 aliphatic rings. The van der Waals surface area contributed by atoms with Crippen molar-refractivity contribution in [3.63, 3.8) is 0 Å². The van der Waals surface area contributed by atoms with Gasteiger partial charge in [-0.1, -0.05) is 5.16 Å². The van der Waals surface area contributed by atoms with Gasteiger partial charge >= 0.3 is 0 Å². The van der Waals surface area contributed by atoms with Gasteiger partial charge < -0.3 is 24.4 Å². The Morgan fingerprint density at radius 3 is 2.67 bits per heavy atom. The van der Waals surface area contributed by atoms with Crippen LogP contribution in [0.1, 0.15) is 30.7 Å². The third kappa shape index (κ3) is 7.69. The Bertz CT molecular complexity index is 682. The lowest BCUT2D eigenvalue weighted by Crippen LogP contribution is -2.53. The first-order chi connectivity index (χ1) is 14.0. The van der Waals surface area contributed by atoms with Gasteiger partial charge in [-0.2, -0.15) is 0 Å². The molecule has 10 heteroatoms. The lowest BCUT2D eigenvalue weighted by atomic mass is 10.1. The Kier molecular flexibility index (Phi) is 10.3. The van der Waals surface area contributed by atoms with Gasteiger partial charge in [0.2, 0.25) is 5.91 Å². The summed E-state index contributed by atoms with van der Waals surface area (Å²) in [6, 6.07) is 1.98. The molecule has 3 rings (SSSR count). The van der Waals surface area contributed by atoms with E-state index in [4.69, 9.17) is 9.26 Å². The van der Waals surface area contributed by atoms with Crippen LogP contribution in [0.5, 0.6) is 0 Å². The number of aliphatic imine (C=N–C) groups is 1. The number of likely N-dealkylation sites (N-methyl/N-ethyl adjacent to an activating group) is 1. The van der Waals surface area contributed by atoms with Crippen LogP contribution in [0.4, 0.5) is 0 Å². The fraction of sp³-hybridized carbons (Fsp3) is 0.750. The second kappa shape index (κ2) is 12.5. The molecular weight excluding hydrogens is 499 g/mol. The largest absolute Gasteiger partial charge is 0.376 e. The number of carbonyl (C=O) groups excluding carboxylic acids is 1. The molecule has 0 saturated carbocycles. The number of aromatic nitrogens is 1. The van der Waals surface area contributed by atoms with Gasteiger partial charge in [-0.3, -0.25) is 9.69 Å². The van der Waals surface area contributed by atoms with Crippen molar-refractivity contribution in [2.24, 2.45) is 4.99 Å². The van der Waals surface area contributed by atoms with Crippen LogP contribution in [-0.2, 0) is 16.1 Å². The molecule has 0 spiro atoms. The van der Waals surface area contributed by atoms with E-state index in [9.17, 15) is 4.79 Å². The van der Waals surface area contributed by atoms with Crippen molar-refractivity contribution in [3.8, 4) is 0 Å². The van der Waals surface area contributed by atoms with Gasteiger partial charge in [0.15, 0.2) is 5.96 Å². The highest BCUT2D eigenvalue weighted by Crippen LogP contribution is 2.12. The lowest BCUT2D eigenvalue weighted by Gasteiger charge is -2.36. The van der Waals surface area contributed by atoms with E-state index in [1.807, 2.05) is 13.0 Å². The molecule has 1 atom stereocenters. The van der Waals surface area contributed by atoms with Gasteiger partial charge in [-0.05, 0) is 26.2 Å². The molecule has 1 N–H and O–H groups in total. The summed E-state index contributed by atoms with van der Waals surface area (Å²) in [5.74, 6) is 1.64. The number of halogens is 1. The van der Waals surface area contributed by atoms with Gasteiger partial charge in [0.25, 0.3) is 0 Å². The molecule has 1 aromatic heterocycles. The van der Waals surface area contributed by atoms with Crippen LogP contribution in [0.3, 0.4) is 0 Å². The SMILES string of the molecule is Cc1cc(CN2CCN(C(=NCC(=O)N(C)C)NCC3CCCCO3)CC2)no1.I. The van der Waals surface area contributed by atoms with Crippen LogP contribution in [0.15, 0.2) is 15.6 Å². The molecule has 0 aromatic carbocycles. The first kappa shape index (κ1) is 24.9. The fourth-order valence-electron chi connectivity index (χ4n) is 3.56. The summed E-state index contributed by atoms with van der Waals surface area (Å²) in [6.45, 7) is 7.94. The smallest absolute Gasteiger partial charge is 0.243 e. The normalized spacial score (nSPS) is 20.6. The topological polar surface area (TPSA) is 86.4 Å². The highest BCUT2D eigenvalue weighted by atomic mass is 127. The Balaban J connectivity index is 0.00000320. The van der Waals surface area contributed by atoms with E-state index in [0.717, 1.165) is 76.1 Å². The Morgan fingerprint density at radius 2 is 2.07 bits per heavy atom. The standard InChI is InChI=1S/C20H34N6O3.HI/c1-16-12-17(23-29-16)15-25-7-9-26(10-8-25)20(22-14-19(27)24(2)3)21-13-18-6-4-5-11-28-18;/h12,18H,4-11,13-15H2,1-3H3,(H,21,22);1H. The second-order valence-corrected chi connectivity index (χ2v) is 7.99. The van der Waals surface area contributed by atoms with E-state index in [2.05, 4.69) is 25.3 Å². The summed E-state index contributed by atoms with van der Waals surface area (Å²) < 4.78 is 11.0. The number of nitrogens with one attached hydrogen (secondary N) is 1. The van der Waals surface area contributed by atoms with Crippen molar-refractivity contribution >= 4 is 35.8 Å². The quantitative estimate of drug-likeness (QED) is 0.335. The van der Waals surface area contributed by atoms with E-state index < -0.39 is 0 Å². The Labute approximate surface area is 196 Å². The molecule has 1 aromatic rings. The molecule has 1 amide bonds. The zero-order chi connectivity index (χ0) is 20.6. The van der Waals surface area contributed by atoms with Gasteiger partial charge in [-0.25, -0.2) is 4.99 Å². The summed E-state index contributed by atoms with van der Waals surface area (Å²) in [6.07, 6.45) is 3.64. The van der Waals surface area contributed by atoms with Gasteiger partial charge in [-0.15, -0.1) is 24.0 Å². The van der Waals surface area contributed by atoms with E-state index in [-0.39, 0.29) is 42.5 Å². The van der Waals surface area contributed by atoms with Crippen molar-refractivity contribution < 1.29 is 14.1 Å². The molecule has 2 fully saturated rings. The number of guanidine groups is 1. The van der Waals surface area contributed by atoms with E-state index >= 15 is 0 Å². The number of hydrogen-bond acceptors (Lipinski definition) is 6. The van der Waals surface area contributed by atoms with Crippen molar-refractivity contribution in [1.29, 1.82) is 0 Å². The number of hydrogen-bond donors (Lipinski definition) is 1. The molecule has 9 nitrogen and oxygen atoms in total. The van der Waals surface area contributed by atoms with Crippen molar-refractivity contribution in [1.82, 2.24) is 25.2 Å². The van der Waals surface area contributed by atoms with Crippen molar-refractivity contribution in [2.45, 2.75) is 38.8 Å². The number of aryl methyl sites for hydroxylation is 1. The minimum atomic E-state index is -0.00162. The maximum atomic E-state index is 12.0. The maximum absolute atomic E-state index is 12.0. The fourth-order valence-corrected chi connectivity index (χ4v) is 3.56. The van der Waals surface area contributed by atoms with Crippen LogP contribution in [-0.4, -0.2) is 97.8 Å². The number of ether oxygens (including phenoxy) is 1. The van der Waals surface area contributed by atoms with Crippen LogP contribution < -0.4 is 5.32 Å². The molecule has 0 aliphatic carbocycles.